The maximum Gasteiger partial charge on any atom is 0.0462 e. The molecule has 1 saturated heterocycles. The van der Waals surface area contributed by atoms with E-state index >= 15 is 0 Å². The number of hydrogen-bond acceptors (Lipinski definition) is 2. The largest absolute Gasteiger partial charge is 0.385 e. The number of methoxy groups -OCH3 is 1. The molecule has 0 aliphatic carbocycles. The molecule has 0 unspecified atom stereocenters. The van der Waals surface area contributed by atoms with E-state index in [-0.39, 0.29) is 0 Å². The summed E-state index contributed by atoms with van der Waals surface area (Å²) < 4.78 is 4.99. The lowest BCUT2D eigenvalue weighted by molar-refractivity contribution is 0.190. The van der Waals surface area contributed by atoms with Gasteiger partial charge >= 0.3 is 0 Å². The van der Waals surface area contributed by atoms with E-state index in [2.05, 4.69) is 5.32 Å². The van der Waals surface area contributed by atoms with Crippen molar-refractivity contribution in [2.45, 2.75) is 25.7 Å². The third-order valence-corrected chi connectivity index (χ3v) is 2.37. The van der Waals surface area contributed by atoms with Crippen LogP contribution in [0.3, 0.4) is 0 Å². The van der Waals surface area contributed by atoms with Crippen molar-refractivity contribution in [3.05, 3.63) is 0 Å². The molecule has 1 fully saturated rings. The summed E-state index contributed by atoms with van der Waals surface area (Å²) in [5, 5.41) is 3.38. The number of ether oxygens (including phenoxy) is 1. The first kappa shape index (κ1) is 9.01. The van der Waals surface area contributed by atoms with E-state index in [9.17, 15) is 0 Å². The minimum Gasteiger partial charge on any atom is -0.385 e. The number of unbranched alkanes of at least 4 members (excludes halogenated alkanes) is 1. The van der Waals surface area contributed by atoms with Gasteiger partial charge in [-0.3, -0.25) is 0 Å². The Kier molecular flexibility index (Phi) is 4.55. The van der Waals surface area contributed by atoms with Crippen LogP contribution in [0.4, 0.5) is 0 Å². The summed E-state index contributed by atoms with van der Waals surface area (Å²) >= 11 is 0. The lowest BCUT2D eigenvalue weighted by atomic mass is 10.0. The maximum absolute atomic E-state index is 4.99. The van der Waals surface area contributed by atoms with E-state index in [4.69, 9.17) is 4.74 Å². The van der Waals surface area contributed by atoms with Crippen molar-refractivity contribution in [1.29, 1.82) is 0 Å². The Morgan fingerprint density at radius 2 is 2.36 bits per heavy atom. The quantitative estimate of drug-likeness (QED) is 0.609. The van der Waals surface area contributed by atoms with Crippen molar-refractivity contribution in [2.75, 3.05) is 26.8 Å². The molecule has 0 aromatic heterocycles. The fourth-order valence-electron chi connectivity index (χ4n) is 1.64. The molecule has 1 aliphatic heterocycles. The van der Waals surface area contributed by atoms with Crippen molar-refractivity contribution >= 4 is 0 Å². The van der Waals surface area contributed by atoms with E-state index in [1.807, 2.05) is 0 Å². The third kappa shape index (κ3) is 3.73. The van der Waals surface area contributed by atoms with Gasteiger partial charge in [-0.25, -0.2) is 0 Å². The minimum absolute atomic E-state index is 0.931. The van der Waals surface area contributed by atoms with Gasteiger partial charge in [0.25, 0.3) is 0 Å². The van der Waals surface area contributed by atoms with Crippen molar-refractivity contribution in [3.8, 4) is 0 Å². The molecule has 0 aromatic carbocycles. The Morgan fingerprint density at radius 3 is 3.00 bits per heavy atom. The summed E-state index contributed by atoms with van der Waals surface area (Å²) in [6, 6.07) is 0. The second-order valence-electron chi connectivity index (χ2n) is 3.35. The van der Waals surface area contributed by atoms with Gasteiger partial charge in [-0.2, -0.15) is 0 Å². The zero-order valence-corrected chi connectivity index (χ0v) is 7.44. The van der Waals surface area contributed by atoms with Gasteiger partial charge in [0.1, 0.15) is 0 Å². The second kappa shape index (κ2) is 5.56. The third-order valence-electron chi connectivity index (χ3n) is 2.37. The molecular formula is C9H19NO. The van der Waals surface area contributed by atoms with Crippen LogP contribution in [0.5, 0.6) is 0 Å². The average Bonchev–Trinajstić information content (AvgIpc) is 2.50. The summed E-state index contributed by atoms with van der Waals surface area (Å²) in [7, 11) is 1.77. The molecular weight excluding hydrogens is 138 g/mol. The van der Waals surface area contributed by atoms with Crippen LogP contribution < -0.4 is 5.32 Å². The molecule has 0 spiro atoms. The molecule has 2 nitrogen and oxygen atoms in total. The summed E-state index contributed by atoms with van der Waals surface area (Å²) in [5.74, 6) is 0.951. The molecule has 1 rings (SSSR count). The predicted molar refractivity (Wildman–Crippen MR) is 46.7 cm³/mol. The smallest absolute Gasteiger partial charge is 0.0462 e. The number of nitrogens with one attached hydrogen (secondary N) is 1. The van der Waals surface area contributed by atoms with Gasteiger partial charge in [-0.15, -0.1) is 0 Å². The molecule has 1 atom stereocenters. The van der Waals surface area contributed by atoms with Crippen molar-refractivity contribution in [3.63, 3.8) is 0 Å². The zero-order valence-electron chi connectivity index (χ0n) is 7.44. The Hall–Kier alpha value is -0.0800. The van der Waals surface area contributed by atoms with Crippen LogP contribution in [-0.2, 0) is 4.74 Å². The van der Waals surface area contributed by atoms with E-state index in [0.29, 0.717) is 0 Å². The summed E-state index contributed by atoms with van der Waals surface area (Å²) in [6.07, 6.45) is 5.33. The normalized spacial score (nSPS) is 24.3. The molecule has 2 heteroatoms. The van der Waals surface area contributed by atoms with Crippen LogP contribution in [0.15, 0.2) is 0 Å². The van der Waals surface area contributed by atoms with E-state index in [1.54, 1.807) is 7.11 Å². The lowest BCUT2D eigenvalue weighted by Gasteiger charge is -2.06. The van der Waals surface area contributed by atoms with E-state index in [0.717, 1.165) is 12.5 Å². The molecule has 0 amide bonds. The fourth-order valence-corrected chi connectivity index (χ4v) is 1.64. The van der Waals surface area contributed by atoms with Crippen LogP contribution >= 0.6 is 0 Å². The van der Waals surface area contributed by atoms with E-state index in [1.165, 1.54) is 38.8 Å². The van der Waals surface area contributed by atoms with E-state index < -0.39 is 0 Å². The first-order valence-electron chi connectivity index (χ1n) is 4.63. The SMILES string of the molecule is COCCCC[C@@H]1CCNC1. The summed E-state index contributed by atoms with van der Waals surface area (Å²) in [5.41, 5.74) is 0. The molecule has 11 heavy (non-hydrogen) atoms. The van der Waals surface area contributed by atoms with Crippen LogP contribution in [0.2, 0.25) is 0 Å². The highest BCUT2D eigenvalue weighted by atomic mass is 16.5. The topological polar surface area (TPSA) is 21.3 Å². The highest BCUT2D eigenvalue weighted by molar-refractivity contribution is 4.70. The van der Waals surface area contributed by atoms with Crippen LogP contribution in [0, 0.1) is 5.92 Å². The van der Waals surface area contributed by atoms with Crippen molar-refractivity contribution < 1.29 is 4.74 Å². The molecule has 1 aliphatic rings. The highest BCUT2D eigenvalue weighted by Crippen LogP contribution is 2.15. The molecule has 0 saturated carbocycles. The van der Waals surface area contributed by atoms with Gasteiger partial charge in [0, 0.05) is 13.7 Å². The number of rotatable bonds is 5. The summed E-state index contributed by atoms with van der Waals surface area (Å²) in [6.45, 7) is 3.40. The van der Waals surface area contributed by atoms with Crippen LogP contribution in [-0.4, -0.2) is 26.8 Å². The predicted octanol–water partition coefficient (Wildman–Crippen LogP) is 1.41. The molecule has 1 heterocycles. The Bertz CT molecular complexity index is 89.6. The maximum atomic E-state index is 4.99. The lowest BCUT2D eigenvalue weighted by Crippen LogP contribution is -2.08. The first-order valence-corrected chi connectivity index (χ1v) is 4.63. The second-order valence-corrected chi connectivity index (χ2v) is 3.35. The van der Waals surface area contributed by atoms with Crippen LogP contribution in [0.25, 0.3) is 0 Å². The highest BCUT2D eigenvalue weighted by Gasteiger charge is 2.12. The van der Waals surface area contributed by atoms with Gasteiger partial charge in [-0.05, 0) is 38.3 Å². The van der Waals surface area contributed by atoms with Crippen molar-refractivity contribution in [2.24, 2.45) is 5.92 Å². The standard InChI is InChI=1S/C9H19NO/c1-11-7-3-2-4-9-5-6-10-8-9/h9-10H,2-8H2,1H3/t9-/m1/s1. The summed E-state index contributed by atoms with van der Waals surface area (Å²) in [4.78, 5) is 0. The van der Waals surface area contributed by atoms with Gasteiger partial charge in [0.2, 0.25) is 0 Å². The Morgan fingerprint density at radius 1 is 1.45 bits per heavy atom. The van der Waals surface area contributed by atoms with Crippen LogP contribution in [0.1, 0.15) is 25.7 Å². The average molecular weight is 157 g/mol. The van der Waals surface area contributed by atoms with Gasteiger partial charge < -0.3 is 10.1 Å². The van der Waals surface area contributed by atoms with Crippen molar-refractivity contribution in [1.82, 2.24) is 5.32 Å². The van der Waals surface area contributed by atoms with Gasteiger partial charge in [0.05, 0.1) is 0 Å². The molecule has 0 radical (unpaired) electrons. The molecule has 0 aromatic rings. The Balaban J connectivity index is 1.86. The monoisotopic (exact) mass is 157 g/mol. The number of hydrogen-bond donors (Lipinski definition) is 1. The molecule has 1 N–H and O–H groups in total. The molecule has 0 bridgehead atoms. The first-order chi connectivity index (χ1) is 5.43. The van der Waals surface area contributed by atoms with Gasteiger partial charge in [0.15, 0.2) is 0 Å². The van der Waals surface area contributed by atoms with Gasteiger partial charge in [-0.1, -0.05) is 6.42 Å². The Labute approximate surface area is 69.3 Å². The zero-order chi connectivity index (χ0) is 7.94. The molecule has 66 valence electrons. The fraction of sp³-hybridized carbons (Fsp3) is 1.00. The minimum atomic E-state index is 0.931.